The van der Waals surface area contributed by atoms with E-state index in [9.17, 15) is 19.5 Å². The van der Waals surface area contributed by atoms with Crippen LogP contribution in [0.25, 0.3) is 11.1 Å². The molecule has 3 aromatic rings. The molecule has 2 aliphatic carbocycles. The zero-order chi connectivity index (χ0) is 27.9. The van der Waals surface area contributed by atoms with E-state index >= 15 is 0 Å². The summed E-state index contributed by atoms with van der Waals surface area (Å²) in [5.74, 6) is -2.13. The Bertz CT molecular complexity index is 1560. The summed E-state index contributed by atoms with van der Waals surface area (Å²) in [7, 11) is 0. The van der Waals surface area contributed by atoms with Gasteiger partial charge in [-0.3, -0.25) is 14.5 Å². The van der Waals surface area contributed by atoms with Crippen LogP contribution in [0.5, 0.6) is 0 Å². The van der Waals surface area contributed by atoms with Crippen molar-refractivity contribution in [2.45, 2.75) is 48.9 Å². The van der Waals surface area contributed by atoms with Gasteiger partial charge in [-0.25, -0.2) is 4.79 Å². The predicted molar refractivity (Wildman–Crippen MR) is 158 cm³/mol. The van der Waals surface area contributed by atoms with E-state index < -0.39 is 23.8 Å². The van der Waals surface area contributed by atoms with Crippen molar-refractivity contribution in [3.8, 4) is 11.1 Å². The Hall–Kier alpha value is -2.75. The highest BCUT2D eigenvalue weighted by atomic mass is 32.2. The first-order chi connectivity index (χ1) is 19.2. The second-order valence-corrected chi connectivity index (χ2v) is 14.9. The number of aromatic nitrogens is 1. The van der Waals surface area contributed by atoms with Crippen LogP contribution in [0.15, 0.2) is 59.6 Å². The van der Waals surface area contributed by atoms with Crippen molar-refractivity contribution in [3.63, 3.8) is 0 Å². The number of carbonyl (C=O) groups excluding carboxylic acids is 2. The van der Waals surface area contributed by atoms with Crippen LogP contribution in [0, 0.1) is 39.5 Å². The van der Waals surface area contributed by atoms with Gasteiger partial charge in [-0.15, -0.1) is 23.1 Å². The maximum atomic E-state index is 13.9. The van der Waals surface area contributed by atoms with E-state index in [1.54, 1.807) is 23.1 Å². The van der Waals surface area contributed by atoms with Gasteiger partial charge in [0.2, 0.25) is 11.8 Å². The number of fused-ring (bicyclic) bond motifs is 9. The molecule has 2 amide bonds. The minimum Gasteiger partial charge on any atom is -0.480 e. The average molecular weight is 591 g/mol. The number of amides is 2. The summed E-state index contributed by atoms with van der Waals surface area (Å²) in [6.07, 6.45) is 1.10. The number of thiazole rings is 1. The number of rotatable bonds is 6. The van der Waals surface area contributed by atoms with Crippen LogP contribution in [-0.4, -0.2) is 44.1 Å². The lowest BCUT2D eigenvalue weighted by Crippen LogP contribution is -2.47. The summed E-state index contributed by atoms with van der Waals surface area (Å²) < 4.78 is 0.743. The van der Waals surface area contributed by atoms with Crippen LogP contribution >= 0.6 is 35.3 Å². The molecule has 1 aromatic heterocycles. The number of hydrogen-bond acceptors (Lipinski definition) is 6. The number of aromatic amines is 1. The van der Waals surface area contributed by atoms with E-state index in [1.807, 2.05) is 32.0 Å². The minimum absolute atomic E-state index is 0.0325. The van der Waals surface area contributed by atoms with Crippen molar-refractivity contribution in [3.05, 3.63) is 69.0 Å². The van der Waals surface area contributed by atoms with Gasteiger partial charge in [0.05, 0.1) is 16.9 Å². The van der Waals surface area contributed by atoms with Crippen LogP contribution in [0.4, 0.5) is 0 Å². The molecule has 1 saturated heterocycles. The van der Waals surface area contributed by atoms with Crippen molar-refractivity contribution < 1.29 is 19.5 Å². The lowest BCUT2D eigenvalue weighted by Gasteiger charge is -2.43. The number of imide groups is 1. The third kappa shape index (κ3) is 3.88. The molecular formula is C31H30N2O4S3. The molecule has 2 saturated carbocycles. The molecule has 2 N–H and O–H groups in total. The van der Waals surface area contributed by atoms with Gasteiger partial charge >= 0.3 is 5.97 Å². The van der Waals surface area contributed by atoms with E-state index in [1.165, 1.54) is 10.4 Å². The largest absolute Gasteiger partial charge is 0.480 e. The number of likely N-dealkylation sites (tertiary alicyclic amines) is 1. The fraction of sp³-hybridized carbons (Fsp3) is 0.419. The van der Waals surface area contributed by atoms with Crippen LogP contribution in [0.1, 0.15) is 43.0 Å². The molecule has 4 aliphatic rings. The summed E-state index contributed by atoms with van der Waals surface area (Å²) in [5.41, 5.74) is 3.51. The first-order valence-corrected chi connectivity index (χ1v) is 16.0. The van der Waals surface area contributed by atoms with E-state index in [0.29, 0.717) is 0 Å². The molecule has 0 radical (unpaired) electrons. The normalized spacial score (nSPS) is 30.9. The number of H-pyrrole nitrogens is 1. The van der Waals surface area contributed by atoms with E-state index in [2.05, 4.69) is 41.4 Å². The number of nitrogens with one attached hydrogen (secondary N) is 1. The quantitative estimate of drug-likeness (QED) is 0.254. The Morgan fingerprint density at radius 3 is 2.33 bits per heavy atom. The summed E-state index contributed by atoms with van der Waals surface area (Å²) in [6, 6.07) is 17.9. The molecule has 8 unspecified atom stereocenters. The maximum Gasteiger partial charge on any atom is 0.326 e. The summed E-state index contributed by atoms with van der Waals surface area (Å²) in [4.78, 5) is 45.6. The number of carboxylic acid groups (broad SMARTS) is 1. The molecular weight excluding hydrogens is 561 g/mol. The highest BCUT2D eigenvalue weighted by Crippen LogP contribution is 2.69. The zero-order valence-electron chi connectivity index (χ0n) is 22.2. The molecule has 3 fully saturated rings. The van der Waals surface area contributed by atoms with Crippen molar-refractivity contribution in [2.75, 3.05) is 0 Å². The van der Waals surface area contributed by atoms with Gasteiger partial charge in [-0.2, -0.15) is 0 Å². The minimum atomic E-state index is -1.10. The zero-order valence-corrected chi connectivity index (χ0v) is 24.6. The first-order valence-electron chi connectivity index (χ1n) is 13.9. The fourth-order valence-electron chi connectivity index (χ4n) is 8.00. The number of benzene rings is 2. The molecule has 0 spiro atoms. The number of hydrogen-bond donors (Lipinski definition) is 2. The van der Waals surface area contributed by atoms with Crippen molar-refractivity contribution in [2.24, 2.45) is 35.5 Å². The second-order valence-electron chi connectivity index (χ2n) is 12.0. The molecule has 40 heavy (non-hydrogen) atoms. The number of thioether (sulfide) groups is 1. The van der Waals surface area contributed by atoms with Gasteiger partial charge in [0.15, 0.2) is 3.95 Å². The summed E-state index contributed by atoms with van der Waals surface area (Å²) in [6.45, 7) is 3.85. The van der Waals surface area contributed by atoms with Crippen LogP contribution in [-0.2, 0) is 14.4 Å². The lowest BCUT2D eigenvalue weighted by molar-refractivity contribution is -0.156. The van der Waals surface area contributed by atoms with Crippen molar-refractivity contribution in [1.29, 1.82) is 0 Å². The molecule has 2 aliphatic heterocycles. The molecule has 206 valence electrons. The number of aliphatic carboxylic acids is 1. The van der Waals surface area contributed by atoms with Crippen molar-refractivity contribution >= 4 is 53.1 Å². The van der Waals surface area contributed by atoms with Gasteiger partial charge in [-0.05, 0) is 65.4 Å². The molecule has 3 heterocycles. The Labute approximate surface area is 246 Å². The molecule has 7 rings (SSSR count). The molecule has 9 heteroatoms. The monoisotopic (exact) mass is 590 g/mol. The molecule has 2 bridgehead atoms. The summed E-state index contributed by atoms with van der Waals surface area (Å²) in [5, 5.41) is 11.2. The van der Waals surface area contributed by atoms with Crippen LogP contribution in [0.2, 0.25) is 0 Å². The Morgan fingerprint density at radius 2 is 1.68 bits per heavy atom. The van der Waals surface area contributed by atoms with E-state index in [0.717, 1.165) is 31.4 Å². The number of nitrogens with zero attached hydrogens (tertiary/aromatic N) is 1. The molecule has 2 aromatic carbocycles. The number of carbonyl (C=O) groups is 3. The predicted octanol–water partition coefficient (Wildman–Crippen LogP) is 6.45. The Kier molecular flexibility index (Phi) is 6.33. The standard InChI is InChI=1S/C31H30N2O4S3/c1-14(2)12-20(30(36)37)33-28(34)23-18-13-19(24(23)29(33)35)25-22(18)21(26-27(39-25)32-31(38)40-26)17-10-8-16(9-11-17)15-6-4-3-5-7-15/h3-11,14,18-25H,12-13H2,1-2H3,(H,32,38)(H,36,37). The smallest absolute Gasteiger partial charge is 0.326 e. The second kappa shape index (κ2) is 9.67. The summed E-state index contributed by atoms with van der Waals surface area (Å²) >= 11 is 8.96. The van der Waals surface area contributed by atoms with E-state index in [-0.39, 0.29) is 53.1 Å². The van der Waals surface area contributed by atoms with Gasteiger partial charge in [0.25, 0.3) is 0 Å². The highest BCUT2D eigenvalue weighted by Gasteiger charge is 2.70. The Morgan fingerprint density at radius 1 is 1.02 bits per heavy atom. The van der Waals surface area contributed by atoms with Crippen LogP contribution < -0.4 is 0 Å². The lowest BCUT2D eigenvalue weighted by atomic mass is 9.68. The number of carboxylic acids is 1. The average Bonchev–Trinajstić information content (AvgIpc) is 3.67. The Balaban J connectivity index is 1.27. The topological polar surface area (TPSA) is 90.5 Å². The van der Waals surface area contributed by atoms with Gasteiger partial charge in [0, 0.05) is 16.0 Å². The maximum absolute atomic E-state index is 13.9. The fourth-order valence-corrected chi connectivity index (χ4v) is 11.3. The SMILES string of the molecule is CC(C)CC(C(=O)O)N1C(=O)C2C3CC(C2C1=O)C1C(c2ccc(-c4ccccc4)cc2)c2sc(=S)[nH]c2SC31. The third-order valence-corrected chi connectivity index (χ3v) is 12.4. The molecule has 6 nitrogen and oxygen atoms in total. The van der Waals surface area contributed by atoms with E-state index in [4.69, 9.17) is 12.2 Å². The van der Waals surface area contributed by atoms with Gasteiger partial charge in [-0.1, -0.05) is 68.4 Å². The molecule has 8 atom stereocenters. The van der Waals surface area contributed by atoms with Gasteiger partial charge in [0.1, 0.15) is 6.04 Å². The third-order valence-electron chi connectivity index (χ3n) is 9.43. The van der Waals surface area contributed by atoms with Crippen LogP contribution in [0.3, 0.4) is 0 Å². The van der Waals surface area contributed by atoms with Gasteiger partial charge < -0.3 is 10.1 Å². The highest BCUT2D eigenvalue weighted by molar-refractivity contribution is 8.00. The van der Waals surface area contributed by atoms with Crippen molar-refractivity contribution in [1.82, 2.24) is 9.88 Å². The first kappa shape index (κ1) is 26.2.